The summed E-state index contributed by atoms with van der Waals surface area (Å²) in [5.74, 6) is -67.9. The lowest BCUT2D eigenvalue weighted by molar-refractivity contribution is -0.460. The summed E-state index contributed by atoms with van der Waals surface area (Å²) in [6.07, 6.45) is -6.95. The van der Waals surface area contributed by atoms with Crippen LogP contribution in [0.15, 0.2) is 60.6 Å². The third-order valence-electron chi connectivity index (χ3n) is 6.00. The summed E-state index contributed by atoms with van der Waals surface area (Å²) in [7, 11) is 0. The van der Waals surface area contributed by atoms with Gasteiger partial charge in [0, 0.05) is 11.6 Å². The Morgan fingerprint density at radius 2 is 1.00 bits per heavy atom. The van der Waals surface area contributed by atoms with Gasteiger partial charge in [0.25, 0.3) is 0 Å². The Bertz CT molecular complexity index is 1550. The zero-order chi connectivity index (χ0) is 34.1. The third kappa shape index (κ3) is 4.55. The van der Waals surface area contributed by atoms with Crippen molar-refractivity contribution in [3.05, 3.63) is 66.2 Å². The van der Waals surface area contributed by atoms with Gasteiger partial charge in [0.1, 0.15) is 5.82 Å². The molecular formula is C23H9F19N2. The van der Waals surface area contributed by atoms with E-state index in [9.17, 15) is 79.0 Å². The number of para-hydroxylation sites is 1. The minimum Gasteiger partial charge on any atom is -0.291 e. The predicted octanol–water partition coefficient (Wildman–Crippen LogP) is 9.64. The molecule has 0 bridgehead atoms. The average Bonchev–Trinajstić information content (AvgIpc) is 3.31. The summed E-state index contributed by atoms with van der Waals surface area (Å²) in [5, 5.41) is -0.212. The van der Waals surface area contributed by atoms with Crippen molar-refractivity contribution in [2.45, 2.75) is 47.6 Å². The molecule has 0 spiro atoms. The van der Waals surface area contributed by atoms with E-state index in [0.717, 1.165) is 30.5 Å². The molecule has 0 aliphatic heterocycles. The topological polar surface area (TPSA) is 17.8 Å². The Hall–Kier alpha value is -3.68. The van der Waals surface area contributed by atoms with Crippen molar-refractivity contribution in [2.24, 2.45) is 0 Å². The number of nitrogens with zero attached hydrogens (tertiary/aromatic N) is 2. The molecule has 0 saturated heterocycles. The maximum Gasteiger partial charge on any atom is 0.460 e. The van der Waals surface area contributed by atoms with Crippen LogP contribution in [0.2, 0.25) is 0 Å². The second-order valence-corrected chi connectivity index (χ2v) is 8.76. The van der Waals surface area contributed by atoms with Crippen molar-refractivity contribution < 1.29 is 83.4 Å². The highest BCUT2D eigenvalue weighted by atomic mass is 19.4. The molecule has 244 valence electrons. The van der Waals surface area contributed by atoms with Crippen molar-refractivity contribution >= 4 is 16.7 Å². The second kappa shape index (κ2) is 10.2. The second-order valence-electron chi connectivity index (χ2n) is 8.76. The molecule has 0 radical (unpaired) electrons. The van der Waals surface area contributed by atoms with Crippen LogP contribution < -0.4 is 0 Å². The van der Waals surface area contributed by atoms with Gasteiger partial charge in [-0.25, -0.2) is 13.8 Å². The molecule has 0 aliphatic carbocycles. The number of halogens is 19. The lowest BCUT2D eigenvalue weighted by atomic mass is 9.88. The van der Waals surface area contributed by atoms with Crippen LogP contribution in [0.5, 0.6) is 0 Å². The third-order valence-corrected chi connectivity index (χ3v) is 6.00. The molecule has 0 amide bonds. The largest absolute Gasteiger partial charge is 0.460 e. The highest BCUT2D eigenvalue weighted by Gasteiger charge is 2.95. The number of fused-ring (bicyclic) bond motifs is 1. The first-order chi connectivity index (χ1) is 19.6. The van der Waals surface area contributed by atoms with E-state index < -0.39 is 70.8 Å². The maximum atomic E-state index is 15.1. The van der Waals surface area contributed by atoms with E-state index in [4.69, 9.17) is 0 Å². The lowest BCUT2D eigenvalue weighted by Crippen LogP contribution is -2.74. The Balaban J connectivity index is 2.23. The highest BCUT2D eigenvalue weighted by Crippen LogP contribution is 2.64. The normalized spacial score (nSPS) is 15.5. The zero-order valence-corrected chi connectivity index (χ0v) is 20.3. The van der Waals surface area contributed by atoms with Gasteiger partial charge < -0.3 is 0 Å². The monoisotopic (exact) mass is 674 g/mol. The van der Waals surface area contributed by atoms with Gasteiger partial charge in [-0.05, 0) is 24.3 Å². The summed E-state index contributed by atoms with van der Waals surface area (Å²) in [6.45, 7) is 0. The van der Waals surface area contributed by atoms with Gasteiger partial charge in [-0.3, -0.25) is 4.57 Å². The van der Waals surface area contributed by atoms with Crippen LogP contribution in [-0.4, -0.2) is 57.2 Å². The molecule has 0 atom stereocenters. The number of hydrogen-bond acceptors (Lipinski definition) is 1. The van der Waals surface area contributed by atoms with Gasteiger partial charge in [-0.2, -0.15) is 74.6 Å². The number of allylic oxidation sites excluding steroid dienone is 1. The molecule has 2 aromatic heterocycles. The van der Waals surface area contributed by atoms with Crippen molar-refractivity contribution in [3.63, 3.8) is 0 Å². The van der Waals surface area contributed by atoms with E-state index in [2.05, 4.69) is 4.98 Å². The smallest absolute Gasteiger partial charge is 0.291 e. The molecule has 21 heteroatoms. The zero-order valence-electron chi connectivity index (χ0n) is 20.3. The molecule has 44 heavy (non-hydrogen) atoms. The minimum atomic E-state index is -8.93. The van der Waals surface area contributed by atoms with Gasteiger partial charge in [0.15, 0.2) is 5.83 Å². The van der Waals surface area contributed by atoms with Gasteiger partial charge >= 0.3 is 47.6 Å². The van der Waals surface area contributed by atoms with Gasteiger partial charge in [0.2, 0.25) is 5.83 Å². The van der Waals surface area contributed by atoms with Crippen LogP contribution in [0.25, 0.3) is 22.5 Å². The van der Waals surface area contributed by atoms with Crippen LogP contribution in [0, 0.1) is 0 Å². The lowest BCUT2D eigenvalue weighted by Gasteiger charge is -2.42. The fourth-order valence-corrected chi connectivity index (χ4v) is 3.60. The van der Waals surface area contributed by atoms with Crippen LogP contribution in [0.4, 0.5) is 83.4 Å². The fourth-order valence-electron chi connectivity index (χ4n) is 3.60. The average molecular weight is 674 g/mol. The van der Waals surface area contributed by atoms with Crippen molar-refractivity contribution in [1.29, 1.82) is 0 Å². The first-order valence-electron chi connectivity index (χ1n) is 10.9. The molecule has 2 heterocycles. The number of rotatable bonds is 9. The van der Waals surface area contributed by atoms with E-state index in [0.29, 0.717) is 10.6 Å². The Morgan fingerprint density at radius 3 is 1.48 bits per heavy atom. The first kappa shape index (κ1) is 34.8. The summed E-state index contributed by atoms with van der Waals surface area (Å²) in [6, 6.07) is 8.31. The standard InChI is InChI=1S/C23H9F19N2/c24-14(12-9-10-5-1-2-6-11(10)44(12)13-7-3-4-8-43-13)15(25)16(26,27)17(28,29)18(30,31)19(32,33)20(34,35)21(36,37)22(38,39)23(40,41)42/h1-9H/b15-14+. The quantitative estimate of drug-likeness (QED) is 0.207. The van der Waals surface area contributed by atoms with E-state index in [1.165, 1.54) is 18.2 Å². The van der Waals surface area contributed by atoms with E-state index in [-0.39, 0.29) is 10.9 Å². The van der Waals surface area contributed by atoms with Gasteiger partial charge in [-0.1, -0.05) is 24.3 Å². The summed E-state index contributed by atoms with van der Waals surface area (Å²) in [5.41, 5.74) is -1.82. The van der Waals surface area contributed by atoms with E-state index in [1.807, 2.05) is 0 Å². The Kier molecular flexibility index (Phi) is 8.05. The van der Waals surface area contributed by atoms with E-state index >= 15 is 4.39 Å². The van der Waals surface area contributed by atoms with Crippen molar-refractivity contribution in [3.8, 4) is 5.82 Å². The van der Waals surface area contributed by atoms with Gasteiger partial charge in [0.05, 0.1) is 11.2 Å². The number of aromatic nitrogens is 2. The summed E-state index contributed by atoms with van der Waals surface area (Å²) in [4.78, 5) is 3.64. The summed E-state index contributed by atoms with van der Waals surface area (Å²) < 4.78 is 260. The Morgan fingerprint density at radius 1 is 0.545 bits per heavy atom. The number of alkyl halides is 17. The molecule has 0 saturated carbocycles. The van der Waals surface area contributed by atoms with Crippen LogP contribution in [-0.2, 0) is 0 Å². The SMILES string of the molecule is F/C(=C(/F)C(F)(F)C(F)(F)C(F)(F)C(F)(F)C(F)(F)C(F)(F)C(F)(F)C(F)(F)F)c1cc2ccccc2n1-c1ccccn1. The molecule has 0 aliphatic rings. The number of benzene rings is 1. The van der Waals surface area contributed by atoms with E-state index in [1.54, 1.807) is 0 Å². The molecule has 2 nitrogen and oxygen atoms in total. The van der Waals surface area contributed by atoms with Crippen LogP contribution >= 0.6 is 0 Å². The molecule has 1 aromatic carbocycles. The molecule has 3 aromatic rings. The van der Waals surface area contributed by atoms with Crippen molar-refractivity contribution in [1.82, 2.24) is 9.55 Å². The molecule has 3 rings (SSSR count). The minimum absolute atomic E-state index is 0.212. The first-order valence-corrected chi connectivity index (χ1v) is 10.9. The van der Waals surface area contributed by atoms with Crippen LogP contribution in [0.1, 0.15) is 5.69 Å². The molecular weight excluding hydrogens is 665 g/mol. The number of pyridine rings is 1. The van der Waals surface area contributed by atoms with Gasteiger partial charge in [-0.15, -0.1) is 0 Å². The molecule has 0 N–H and O–H groups in total. The Labute approximate surface area is 230 Å². The van der Waals surface area contributed by atoms with Crippen molar-refractivity contribution in [2.75, 3.05) is 0 Å². The van der Waals surface area contributed by atoms with Crippen LogP contribution in [0.3, 0.4) is 0 Å². The fraction of sp³-hybridized carbons (Fsp3) is 0.348. The number of hydrogen-bond donors (Lipinski definition) is 0. The summed E-state index contributed by atoms with van der Waals surface area (Å²) >= 11 is 0. The molecule has 0 fully saturated rings. The molecule has 0 unspecified atom stereocenters. The maximum absolute atomic E-state index is 15.1. The predicted molar refractivity (Wildman–Crippen MR) is 111 cm³/mol. The highest BCUT2D eigenvalue weighted by molar-refractivity contribution is 5.87.